The van der Waals surface area contributed by atoms with E-state index in [0.29, 0.717) is 16.3 Å². The van der Waals surface area contributed by atoms with Crippen LogP contribution >= 0.6 is 11.5 Å². The first kappa shape index (κ1) is 12.1. The third kappa shape index (κ3) is 2.33. The molecule has 1 amide bonds. The van der Waals surface area contributed by atoms with Crippen molar-refractivity contribution in [2.24, 2.45) is 0 Å². The van der Waals surface area contributed by atoms with E-state index in [4.69, 9.17) is 5.26 Å². The van der Waals surface area contributed by atoms with Crippen LogP contribution in [0.3, 0.4) is 0 Å². The van der Waals surface area contributed by atoms with Gasteiger partial charge in [-0.05, 0) is 36.7 Å². The standard InChI is InChI=1S/C11H7FN4OS/c1-6-10(18-16-15-6)11(17)14-8-2-3-9(12)7(4-8)5-13/h2-4H,1H3,(H,14,17). The molecule has 0 saturated carbocycles. The largest absolute Gasteiger partial charge is 0.321 e. The average Bonchev–Trinajstić information content (AvgIpc) is 2.78. The van der Waals surface area contributed by atoms with Crippen LogP contribution in [-0.4, -0.2) is 15.5 Å². The Morgan fingerprint density at radius 1 is 1.56 bits per heavy atom. The zero-order chi connectivity index (χ0) is 13.1. The number of carbonyl (C=O) groups is 1. The molecule has 0 spiro atoms. The summed E-state index contributed by atoms with van der Waals surface area (Å²) in [6.07, 6.45) is 0. The van der Waals surface area contributed by atoms with Crippen molar-refractivity contribution in [2.75, 3.05) is 5.32 Å². The van der Waals surface area contributed by atoms with Gasteiger partial charge in [-0.1, -0.05) is 4.49 Å². The zero-order valence-electron chi connectivity index (χ0n) is 9.27. The third-order valence-corrected chi connectivity index (χ3v) is 3.03. The van der Waals surface area contributed by atoms with Crippen LogP contribution in [0.5, 0.6) is 0 Å². The summed E-state index contributed by atoms with van der Waals surface area (Å²) in [6.45, 7) is 1.67. The Balaban J connectivity index is 2.23. The Morgan fingerprint density at radius 3 is 2.94 bits per heavy atom. The molecule has 0 atom stereocenters. The van der Waals surface area contributed by atoms with Gasteiger partial charge in [0.25, 0.3) is 5.91 Å². The van der Waals surface area contributed by atoms with E-state index in [-0.39, 0.29) is 11.5 Å². The van der Waals surface area contributed by atoms with Crippen molar-refractivity contribution in [1.82, 2.24) is 9.59 Å². The highest BCUT2D eigenvalue weighted by Gasteiger charge is 2.13. The predicted molar refractivity (Wildman–Crippen MR) is 63.7 cm³/mol. The molecular formula is C11H7FN4OS. The molecule has 5 nitrogen and oxygen atoms in total. The zero-order valence-corrected chi connectivity index (χ0v) is 10.1. The van der Waals surface area contributed by atoms with Crippen molar-refractivity contribution in [3.8, 4) is 6.07 Å². The van der Waals surface area contributed by atoms with E-state index in [0.717, 1.165) is 17.6 Å². The second kappa shape index (κ2) is 4.89. The lowest BCUT2D eigenvalue weighted by Crippen LogP contribution is -2.11. The van der Waals surface area contributed by atoms with Gasteiger partial charge in [-0.15, -0.1) is 5.10 Å². The van der Waals surface area contributed by atoms with Gasteiger partial charge in [-0.3, -0.25) is 4.79 Å². The summed E-state index contributed by atoms with van der Waals surface area (Å²) < 4.78 is 16.7. The van der Waals surface area contributed by atoms with Crippen LogP contribution in [0.4, 0.5) is 10.1 Å². The highest BCUT2D eigenvalue weighted by molar-refractivity contribution is 7.08. The Hall–Kier alpha value is -2.33. The van der Waals surface area contributed by atoms with Crippen molar-refractivity contribution in [2.45, 2.75) is 6.92 Å². The van der Waals surface area contributed by atoms with Crippen molar-refractivity contribution in [3.63, 3.8) is 0 Å². The Labute approximate surface area is 106 Å². The number of nitriles is 1. The molecule has 0 bridgehead atoms. The number of nitrogens with one attached hydrogen (secondary N) is 1. The molecule has 1 aromatic heterocycles. The van der Waals surface area contributed by atoms with Crippen LogP contribution in [0.25, 0.3) is 0 Å². The summed E-state index contributed by atoms with van der Waals surface area (Å²) in [7, 11) is 0. The molecule has 0 aliphatic heterocycles. The van der Waals surface area contributed by atoms with Gasteiger partial charge >= 0.3 is 0 Å². The lowest BCUT2D eigenvalue weighted by atomic mass is 10.2. The van der Waals surface area contributed by atoms with E-state index in [1.54, 1.807) is 13.0 Å². The maximum absolute atomic E-state index is 13.1. The first-order valence-corrected chi connectivity index (χ1v) is 5.69. The Kier molecular flexibility index (Phi) is 3.30. The third-order valence-electron chi connectivity index (χ3n) is 2.20. The van der Waals surface area contributed by atoms with Gasteiger partial charge in [0.15, 0.2) is 0 Å². The smallest absolute Gasteiger partial charge is 0.269 e. The molecule has 0 unspecified atom stereocenters. The van der Waals surface area contributed by atoms with Gasteiger partial charge in [0.2, 0.25) is 0 Å². The molecule has 0 radical (unpaired) electrons. The molecule has 1 aromatic carbocycles. The maximum atomic E-state index is 13.1. The minimum atomic E-state index is -0.619. The fourth-order valence-corrected chi connectivity index (χ4v) is 1.87. The predicted octanol–water partition coefficient (Wildman–Crippen LogP) is 2.11. The van der Waals surface area contributed by atoms with E-state index in [2.05, 4.69) is 14.9 Å². The molecule has 1 heterocycles. The van der Waals surface area contributed by atoms with Crippen LogP contribution in [0.15, 0.2) is 18.2 Å². The van der Waals surface area contributed by atoms with Gasteiger partial charge in [0.05, 0.1) is 11.3 Å². The van der Waals surface area contributed by atoms with E-state index < -0.39 is 5.82 Å². The second-order valence-corrected chi connectivity index (χ2v) is 4.20. The summed E-state index contributed by atoms with van der Waals surface area (Å²) in [6, 6.07) is 5.50. The molecule has 0 saturated heterocycles. The topological polar surface area (TPSA) is 78.7 Å². The number of hydrogen-bond acceptors (Lipinski definition) is 5. The van der Waals surface area contributed by atoms with Crippen molar-refractivity contribution < 1.29 is 9.18 Å². The number of amides is 1. The second-order valence-electron chi connectivity index (χ2n) is 3.45. The van der Waals surface area contributed by atoms with Crippen molar-refractivity contribution in [1.29, 1.82) is 5.26 Å². The molecule has 0 aliphatic carbocycles. The summed E-state index contributed by atoms with van der Waals surface area (Å²) >= 11 is 0.978. The molecule has 2 rings (SSSR count). The maximum Gasteiger partial charge on any atom is 0.269 e. The molecule has 2 aromatic rings. The normalized spacial score (nSPS) is 9.83. The van der Waals surface area contributed by atoms with E-state index in [1.807, 2.05) is 0 Å². The van der Waals surface area contributed by atoms with Gasteiger partial charge in [0.1, 0.15) is 16.8 Å². The SMILES string of the molecule is Cc1nnsc1C(=O)Nc1ccc(F)c(C#N)c1. The minimum absolute atomic E-state index is 0.119. The first-order valence-electron chi connectivity index (χ1n) is 4.92. The van der Waals surface area contributed by atoms with E-state index in [1.165, 1.54) is 12.1 Å². The molecule has 0 aliphatic rings. The fraction of sp³-hybridized carbons (Fsp3) is 0.0909. The lowest BCUT2D eigenvalue weighted by molar-refractivity contribution is 0.103. The monoisotopic (exact) mass is 262 g/mol. The van der Waals surface area contributed by atoms with Crippen LogP contribution in [0.1, 0.15) is 20.9 Å². The van der Waals surface area contributed by atoms with Gasteiger partial charge < -0.3 is 5.32 Å². The minimum Gasteiger partial charge on any atom is -0.321 e. The molecule has 18 heavy (non-hydrogen) atoms. The summed E-state index contributed by atoms with van der Waals surface area (Å²) in [5.41, 5.74) is 0.762. The van der Waals surface area contributed by atoms with Crippen LogP contribution in [0, 0.1) is 24.1 Å². The van der Waals surface area contributed by atoms with Gasteiger partial charge in [-0.2, -0.15) is 5.26 Å². The van der Waals surface area contributed by atoms with Crippen molar-refractivity contribution >= 4 is 23.1 Å². The highest BCUT2D eigenvalue weighted by Crippen LogP contribution is 2.16. The van der Waals surface area contributed by atoms with Crippen LogP contribution < -0.4 is 5.32 Å². The van der Waals surface area contributed by atoms with E-state index >= 15 is 0 Å². The molecule has 0 fully saturated rings. The highest BCUT2D eigenvalue weighted by atomic mass is 32.1. The number of benzene rings is 1. The quantitative estimate of drug-likeness (QED) is 0.899. The molecule has 7 heteroatoms. The molecular weight excluding hydrogens is 255 g/mol. The number of hydrogen-bond donors (Lipinski definition) is 1. The number of aromatic nitrogens is 2. The number of rotatable bonds is 2. The Morgan fingerprint density at radius 2 is 2.33 bits per heavy atom. The number of halogens is 1. The molecule has 90 valence electrons. The van der Waals surface area contributed by atoms with Crippen molar-refractivity contribution in [3.05, 3.63) is 40.2 Å². The lowest BCUT2D eigenvalue weighted by Gasteiger charge is -2.04. The summed E-state index contributed by atoms with van der Waals surface area (Å²) in [5.74, 6) is -0.996. The van der Waals surface area contributed by atoms with E-state index in [9.17, 15) is 9.18 Å². The summed E-state index contributed by atoms with van der Waals surface area (Å²) in [5, 5.41) is 15.0. The number of aryl methyl sites for hydroxylation is 1. The number of nitrogens with zero attached hydrogens (tertiary/aromatic N) is 3. The molecule has 1 N–H and O–H groups in total. The van der Waals surface area contributed by atoms with Gasteiger partial charge in [-0.25, -0.2) is 4.39 Å². The first-order chi connectivity index (χ1) is 8.61. The average molecular weight is 262 g/mol. The number of anilines is 1. The van der Waals surface area contributed by atoms with Gasteiger partial charge in [0, 0.05) is 5.69 Å². The number of carbonyl (C=O) groups excluding carboxylic acids is 1. The van der Waals surface area contributed by atoms with Crippen LogP contribution in [-0.2, 0) is 0 Å². The Bertz CT molecular complexity index is 647. The fourth-order valence-electron chi connectivity index (χ4n) is 1.32. The van der Waals surface area contributed by atoms with Crippen LogP contribution in [0.2, 0.25) is 0 Å². The summed E-state index contributed by atoms with van der Waals surface area (Å²) in [4.78, 5) is 12.2.